The molecule has 5 nitrogen and oxygen atoms in total. The predicted octanol–water partition coefficient (Wildman–Crippen LogP) is 0.0199. The van der Waals surface area contributed by atoms with Gasteiger partial charge in [-0.3, -0.25) is 0 Å². The third-order valence-electron chi connectivity index (χ3n) is 2.39. The Bertz CT molecular complexity index is 317. The zero-order valence-corrected chi connectivity index (χ0v) is 7.93. The van der Waals surface area contributed by atoms with Crippen LogP contribution in [0.2, 0.25) is 0 Å². The first-order chi connectivity index (χ1) is 6.75. The number of hydrogen-bond donors (Lipinski definition) is 2. The van der Waals surface area contributed by atoms with Gasteiger partial charge in [0.2, 0.25) is 0 Å². The van der Waals surface area contributed by atoms with Crippen molar-refractivity contribution in [2.24, 2.45) is 0 Å². The maximum absolute atomic E-state index is 9.49. The first-order valence-electron chi connectivity index (χ1n) is 4.76. The number of rotatable bonds is 1. The molecule has 1 fully saturated rings. The van der Waals surface area contributed by atoms with E-state index < -0.39 is 0 Å². The van der Waals surface area contributed by atoms with E-state index in [1.54, 1.807) is 6.07 Å². The zero-order chi connectivity index (χ0) is 9.97. The molecule has 1 aromatic rings. The molecule has 0 aromatic carbocycles. The van der Waals surface area contributed by atoms with E-state index in [-0.39, 0.29) is 6.10 Å². The summed E-state index contributed by atoms with van der Waals surface area (Å²) in [5.41, 5.74) is 5.56. The fourth-order valence-electron chi connectivity index (χ4n) is 1.70. The molecule has 3 N–H and O–H groups in total. The molecule has 1 aliphatic rings. The van der Waals surface area contributed by atoms with Crippen molar-refractivity contribution in [2.75, 3.05) is 23.7 Å². The third-order valence-corrected chi connectivity index (χ3v) is 2.39. The molecule has 1 saturated heterocycles. The van der Waals surface area contributed by atoms with Gasteiger partial charge in [0.25, 0.3) is 0 Å². The van der Waals surface area contributed by atoms with Crippen molar-refractivity contribution in [3.05, 3.63) is 12.4 Å². The van der Waals surface area contributed by atoms with E-state index in [0.29, 0.717) is 12.4 Å². The lowest BCUT2D eigenvalue weighted by Crippen LogP contribution is -2.38. The van der Waals surface area contributed by atoms with E-state index in [9.17, 15) is 5.11 Å². The molecule has 76 valence electrons. The topological polar surface area (TPSA) is 75.3 Å². The summed E-state index contributed by atoms with van der Waals surface area (Å²) in [7, 11) is 0. The maximum Gasteiger partial charge on any atom is 0.134 e. The van der Waals surface area contributed by atoms with Crippen molar-refractivity contribution in [1.82, 2.24) is 9.97 Å². The van der Waals surface area contributed by atoms with Gasteiger partial charge in [0.1, 0.15) is 18.0 Å². The van der Waals surface area contributed by atoms with Crippen molar-refractivity contribution >= 4 is 11.6 Å². The SMILES string of the molecule is Nc1cc(N2CCC[C@@H](O)C2)ncn1. The molecule has 1 aliphatic heterocycles. The molecule has 0 bridgehead atoms. The highest BCUT2D eigenvalue weighted by Gasteiger charge is 2.18. The number of β-amino-alcohol motifs (C(OH)–C–C–N with tert-alkyl or cyclic N) is 1. The van der Waals surface area contributed by atoms with Crippen LogP contribution in [0.15, 0.2) is 12.4 Å². The van der Waals surface area contributed by atoms with Gasteiger partial charge in [-0.15, -0.1) is 0 Å². The number of aliphatic hydroxyl groups excluding tert-OH is 1. The van der Waals surface area contributed by atoms with E-state index in [1.165, 1.54) is 6.33 Å². The van der Waals surface area contributed by atoms with E-state index in [0.717, 1.165) is 25.2 Å². The van der Waals surface area contributed by atoms with Gasteiger partial charge < -0.3 is 15.7 Å². The lowest BCUT2D eigenvalue weighted by Gasteiger charge is -2.30. The lowest BCUT2D eigenvalue weighted by molar-refractivity contribution is 0.154. The molecular weight excluding hydrogens is 180 g/mol. The third kappa shape index (κ3) is 1.93. The second-order valence-electron chi connectivity index (χ2n) is 3.54. The van der Waals surface area contributed by atoms with Crippen LogP contribution in [0.4, 0.5) is 11.6 Å². The zero-order valence-electron chi connectivity index (χ0n) is 7.93. The summed E-state index contributed by atoms with van der Waals surface area (Å²) < 4.78 is 0. The van der Waals surface area contributed by atoms with Crippen LogP contribution in [-0.4, -0.2) is 34.3 Å². The highest BCUT2D eigenvalue weighted by atomic mass is 16.3. The van der Waals surface area contributed by atoms with Crippen LogP contribution < -0.4 is 10.6 Å². The van der Waals surface area contributed by atoms with Gasteiger partial charge in [0, 0.05) is 19.2 Å². The van der Waals surface area contributed by atoms with Crippen LogP contribution in [-0.2, 0) is 0 Å². The smallest absolute Gasteiger partial charge is 0.134 e. The summed E-state index contributed by atoms with van der Waals surface area (Å²) in [6.45, 7) is 1.56. The highest BCUT2D eigenvalue weighted by molar-refractivity contribution is 5.46. The van der Waals surface area contributed by atoms with Crippen molar-refractivity contribution < 1.29 is 5.11 Å². The molecule has 14 heavy (non-hydrogen) atoms. The Hall–Kier alpha value is -1.36. The molecule has 0 spiro atoms. The number of nitrogen functional groups attached to an aromatic ring is 1. The largest absolute Gasteiger partial charge is 0.391 e. The van der Waals surface area contributed by atoms with Gasteiger partial charge in [-0.05, 0) is 12.8 Å². The van der Waals surface area contributed by atoms with Gasteiger partial charge in [-0.25, -0.2) is 9.97 Å². The molecule has 0 aliphatic carbocycles. The predicted molar refractivity (Wildman–Crippen MR) is 53.9 cm³/mol. The first kappa shape index (κ1) is 9.21. The Morgan fingerprint density at radius 2 is 2.36 bits per heavy atom. The quantitative estimate of drug-likeness (QED) is 0.659. The molecule has 0 amide bonds. The van der Waals surface area contributed by atoms with Crippen LogP contribution in [0.25, 0.3) is 0 Å². The number of anilines is 2. The number of hydrogen-bond acceptors (Lipinski definition) is 5. The molecular formula is C9H14N4O. The molecule has 2 rings (SSSR count). The Morgan fingerprint density at radius 3 is 3.07 bits per heavy atom. The van der Waals surface area contributed by atoms with Crippen molar-refractivity contribution in [2.45, 2.75) is 18.9 Å². The Labute approximate surface area is 82.6 Å². The van der Waals surface area contributed by atoms with Crippen molar-refractivity contribution in [1.29, 1.82) is 0 Å². The fourth-order valence-corrected chi connectivity index (χ4v) is 1.70. The Morgan fingerprint density at radius 1 is 1.50 bits per heavy atom. The molecule has 0 saturated carbocycles. The van der Waals surface area contributed by atoms with Crippen LogP contribution in [0.1, 0.15) is 12.8 Å². The molecule has 2 heterocycles. The average molecular weight is 194 g/mol. The minimum atomic E-state index is -0.250. The average Bonchev–Trinajstić information content (AvgIpc) is 2.18. The van der Waals surface area contributed by atoms with Crippen LogP contribution in [0, 0.1) is 0 Å². The first-order valence-corrected chi connectivity index (χ1v) is 4.76. The normalized spacial score (nSPS) is 22.4. The van der Waals surface area contributed by atoms with E-state index >= 15 is 0 Å². The minimum absolute atomic E-state index is 0.250. The summed E-state index contributed by atoms with van der Waals surface area (Å²) in [6.07, 6.45) is 3.06. The number of nitrogens with two attached hydrogens (primary N) is 1. The summed E-state index contributed by atoms with van der Waals surface area (Å²) in [5.74, 6) is 1.27. The Kier molecular flexibility index (Phi) is 2.49. The number of piperidine rings is 1. The second kappa shape index (κ2) is 3.79. The number of aliphatic hydroxyl groups is 1. The monoisotopic (exact) mass is 194 g/mol. The molecule has 0 radical (unpaired) electrons. The number of aromatic nitrogens is 2. The van der Waals surface area contributed by atoms with Crippen LogP contribution in [0.3, 0.4) is 0 Å². The minimum Gasteiger partial charge on any atom is -0.391 e. The molecule has 0 unspecified atom stereocenters. The van der Waals surface area contributed by atoms with E-state index in [2.05, 4.69) is 9.97 Å². The number of nitrogens with zero attached hydrogens (tertiary/aromatic N) is 3. The summed E-state index contributed by atoms with van der Waals surface area (Å²) in [6, 6.07) is 1.73. The van der Waals surface area contributed by atoms with Gasteiger partial charge >= 0.3 is 0 Å². The van der Waals surface area contributed by atoms with Gasteiger partial charge in [0.15, 0.2) is 0 Å². The van der Waals surface area contributed by atoms with E-state index in [4.69, 9.17) is 5.73 Å². The van der Waals surface area contributed by atoms with E-state index in [1.807, 2.05) is 4.90 Å². The Balaban J connectivity index is 2.14. The summed E-state index contributed by atoms with van der Waals surface area (Å²) in [4.78, 5) is 9.99. The molecule has 1 atom stereocenters. The highest BCUT2D eigenvalue weighted by Crippen LogP contribution is 2.18. The van der Waals surface area contributed by atoms with Crippen LogP contribution in [0.5, 0.6) is 0 Å². The summed E-state index contributed by atoms with van der Waals surface area (Å²) in [5, 5.41) is 9.49. The maximum atomic E-state index is 9.49. The van der Waals surface area contributed by atoms with Gasteiger partial charge in [-0.1, -0.05) is 0 Å². The van der Waals surface area contributed by atoms with Crippen LogP contribution >= 0.6 is 0 Å². The van der Waals surface area contributed by atoms with Crippen molar-refractivity contribution in [3.63, 3.8) is 0 Å². The van der Waals surface area contributed by atoms with Gasteiger partial charge in [-0.2, -0.15) is 0 Å². The molecule has 1 aromatic heterocycles. The van der Waals surface area contributed by atoms with Gasteiger partial charge in [0.05, 0.1) is 6.10 Å². The standard InChI is InChI=1S/C9H14N4O/c10-8-4-9(12-6-11-8)13-3-1-2-7(14)5-13/h4,6-7,14H,1-3,5H2,(H2,10,11,12)/t7-/m1/s1. The second-order valence-corrected chi connectivity index (χ2v) is 3.54. The molecule has 5 heteroatoms. The lowest BCUT2D eigenvalue weighted by atomic mass is 10.1. The summed E-state index contributed by atoms with van der Waals surface area (Å²) >= 11 is 0. The van der Waals surface area contributed by atoms with Crippen molar-refractivity contribution in [3.8, 4) is 0 Å². The fraction of sp³-hybridized carbons (Fsp3) is 0.556.